The van der Waals surface area contributed by atoms with Gasteiger partial charge in [0.2, 0.25) is 0 Å². The van der Waals surface area contributed by atoms with Gasteiger partial charge in [0.25, 0.3) is 0 Å². The molecule has 0 saturated carbocycles. The van der Waals surface area contributed by atoms with Gasteiger partial charge in [-0.25, -0.2) is 4.79 Å². The second-order valence-corrected chi connectivity index (χ2v) is 3.05. The van der Waals surface area contributed by atoms with Crippen LogP contribution in [0.3, 0.4) is 0 Å². The number of nitrogens with zero attached hydrogens (tertiary/aromatic N) is 2. The van der Waals surface area contributed by atoms with Gasteiger partial charge >= 0.3 is 6.09 Å². The summed E-state index contributed by atoms with van der Waals surface area (Å²) < 4.78 is 0. The second-order valence-electron chi connectivity index (χ2n) is 3.05. The van der Waals surface area contributed by atoms with Crippen LogP contribution >= 0.6 is 0 Å². The van der Waals surface area contributed by atoms with E-state index < -0.39 is 6.09 Å². The Morgan fingerprint density at radius 1 is 1.38 bits per heavy atom. The third-order valence-corrected chi connectivity index (χ3v) is 2.07. The molecule has 0 aromatic carbocycles. The quantitative estimate of drug-likeness (QED) is 0.375. The lowest BCUT2D eigenvalue weighted by molar-refractivity contribution is 0.132. The predicted molar refractivity (Wildman–Crippen MR) is 48.4 cm³/mol. The van der Waals surface area contributed by atoms with Crippen molar-refractivity contribution in [3.63, 3.8) is 0 Å². The van der Waals surface area contributed by atoms with E-state index in [0.29, 0.717) is 25.9 Å². The van der Waals surface area contributed by atoms with Gasteiger partial charge in [-0.3, -0.25) is 4.99 Å². The Bertz CT molecular complexity index is 217. The summed E-state index contributed by atoms with van der Waals surface area (Å²) in [6.07, 6.45) is 0.525. The maximum Gasteiger partial charge on any atom is 0.407 e. The molecular weight excluding hydrogens is 172 g/mol. The van der Waals surface area contributed by atoms with Gasteiger partial charge in [0.05, 0.1) is 6.04 Å². The fourth-order valence-electron chi connectivity index (χ4n) is 1.40. The minimum absolute atomic E-state index is 0.0776. The van der Waals surface area contributed by atoms with Gasteiger partial charge in [-0.05, 0) is 12.8 Å². The van der Waals surface area contributed by atoms with Crippen molar-refractivity contribution in [3.8, 4) is 0 Å². The first-order valence-electron chi connectivity index (χ1n) is 4.16. The van der Waals surface area contributed by atoms with E-state index in [4.69, 9.17) is 16.6 Å². The van der Waals surface area contributed by atoms with E-state index in [2.05, 4.69) is 4.99 Å². The molecule has 6 nitrogen and oxygen atoms in total. The third kappa shape index (κ3) is 2.81. The smallest absolute Gasteiger partial charge is 0.407 e. The van der Waals surface area contributed by atoms with Gasteiger partial charge in [-0.1, -0.05) is 0 Å². The number of rotatable bonds is 1. The van der Waals surface area contributed by atoms with E-state index in [1.165, 1.54) is 4.90 Å². The van der Waals surface area contributed by atoms with Crippen molar-refractivity contribution in [3.05, 3.63) is 0 Å². The first kappa shape index (κ1) is 9.63. The van der Waals surface area contributed by atoms with Crippen molar-refractivity contribution in [2.75, 3.05) is 13.1 Å². The van der Waals surface area contributed by atoms with Crippen molar-refractivity contribution in [2.24, 2.45) is 16.5 Å². The van der Waals surface area contributed by atoms with Gasteiger partial charge in [-0.2, -0.15) is 0 Å². The number of hydrogen-bond acceptors (Lipinski definition) is 2. The molecule has 0 aromatic rings. The van der Waals surface area contributed by atoms with Gasteiger partial charge in [-0.15, -0.1) is 0 Å². The highest BCUT2D eigenvalue weighted by atomic mass is 16.4. The number of likely N-dealkylation sites (tertiary alicyclic amines) is 1. The normalized spacial score (nSPS) is 18.3. The lowest BCUT2D eigenvalue weighted by Crippen LogP contribution is -2.39. The fraction of sp³-hybridized carbons (Fsp3) is 0.714. The third-order valence-electron chi connectivity index (χ3n) is 2.07. The van der Waals surface area contributed by atoms with E-state index in [0.717, 1.165) is 0 Å². The molecule has 0 aliphatic carbocycles. The summed E-state index contributed by atoms with van der Waals surface area (Å²) in [5.74, 6) is 0.0776. The van der Waals surface area contributed by atoms with Crippen molar-refractivity contribution in [1.82, 2.24) is 4.90 Å². The number of carboxylic acid groups (broad SMARTS) is 1. The van der Waals surface area contributed by atoms with Crippen LogP contribution in [-0.4, -0.2) is 41.2 Å². The number of amides is 1. The average Bonchev–Trinajstić information content (AvgIpc) is 2.04. The van der Waals surface area contributed by atoms with Crippen molar-refractivity contribution in [1.29, 1.82) is 0 Å². The number of nitrogens with two attached hydrogens (primary N) is 2. The molecule has 1 fully saturated rings. The van der Waals surface area contributed by atoms with Crippen LogP contribution in [0.25, 0.3) is 0 Å². The highest BCUT2D eigenvalue weighted by Gasteiger charge is 2.21. The Balaban J connectivity index is 2.39. The van der Waals surface area contributed by atoms with E-state index in [1.54, 1.807) is 0 Å². The lowest BCUT2D eigenvalue weighted by atomic mass is 10.1. The zero-order chi connectivity index (χ0) is 9.84. The molecule has 13 heavy (non-hydrogen) atoms. The van der Waals surface area contributed by atoms with Crippen LogP contribution in [0.1, 0.15) is 12.8 Å². The van der Waals surface area contributed by atoms with Crippen LogP contribution in [0, 0.1) is 0 Å². The summed E-state index contributed by atoms with van der Waals surface area (Å²) in [6.45, 7) is 1.02. The van der Waals surface area contributed by atoms with E-state index in [-0.39, 0.29) is 12.0 Å². The van der Waals surface area contributed by atoms with Crippen LogP contribution in [0.2, 0.25) is 0 Å². The molecule has 0 aromatic heterocycles. The average molecular weight is 186 g/mol. The van der Waals surface area contributed by atoms with Crippen LogP contribution < -0.4 is 11.5 Å². The largest absolute Gasteiger partial charge is 0.465 e. The SMILES string of the molecule is NC(N)=NC1CCN(C(=O)O)CC1. The Labute approximate surface area is 76.2 Å². The molecule has 74 valence electrons. The number of hydrogen-bond donors (Lipinski definition) is 3. The monoisotopic (exact) mass is 186 g/mol. The van der Waals surface area contributed by atoms with Gasteiger partial charge in [0.15, 0.2) is 5.96 Å². The minimum atomic E-state index is -0.872. The van der Waals surface area contributed by atoms with Crippen molar-refractivity contribution >= 4 is 12.1 Å². The maximum atomic E-state index is 10.5. The molecule has 6 heteroatoms. The fourth-order valence-corrected chi connectivity index (χ4v) is 1.40. The van der Waals surface area contributed by atoms with Crippen LogP contribution in [-0.2, 0) is 0 Å². The summed E-state index contributed by atoms with van der Waals surface area (Å²) in [4.78, 5) is 15.9. The number of carbonyl (C=O) groups is 1. The summed E-state index contributed by atoms with van der Waals surface area (Å²) in [7, 11) is 0. The van der Waals surface area contributed by atoms with Crippen LogP contribution in [0.5, 0.6) is 0 Å². The molecule has 1 saturated heterocycles. The number of aliphatic imine (C=N–C) groups is 1. The zero-order valence-corrected chi connectivity index (χ0v) is 7.31. The maximum absolute atomic E-state index is 10.5. The standard InChI is InChI=1S/C7H14N4O2/c8-6(9)10-5-1-3-11(4-2-5)7(12)13/h5H,1-4H2,(H,12,13)(H4,8,9,10). The van der Waals surface area contributed by atoms with Crippen LogP contribution in [0.15, 0.2) is 4.99 Å². The molecule has 1 aliphatic rings. The van der Waals surface area contributed by atoms with Gasteiger partial charge in [0.1, 0.15) is 0 Å². The highest BCUT2D eigenvalue weighted by molar-refractivity contribution is 5.75. The molecular formula is C7H14N4O2. The molecule has 0 radical (unpaired) electrons. The van der Waals surface area contributed by atoms with Gasteiger partial charge in [0, 0.05) is 13.1 Å². The Hall–Kier alpha value is -1.46. The first-order chi connectivity index (χ1) is 6.09. The molecule has 1 aliphatic heterocycles. The number of guanidine groups is 1. The number of piperidine rings is 1. The Kier molecular flexibility index (Phi) is 2.94. The van der Waals surface area contributed by atoms with Crippen molar-refractivity contribution in [2.45, 2.75) is 18.9 Å². The van der Waals surface area contributed by atoms with E-state index >= 15 is 0 Å². The summed E-state index contributed by atoms with van der Waals surface area (Å²) >= 11 is 0. The van der Waals surface area contributed by atoms with Crippen molar-refractivity contribution < 1.29 is 9.90 Å². The van der Waals surface area contributed by atoms with E-state index in [9.17, 15) is 4.79 Å². The molecule has 0 unspecified atom stereocenters. The Morgan fingerprint density at radius 2 is 1.92 bits per heavy atom. The predicted octanol–water partition coefficient (Wildman–Crippen LogP) is -0.598. The highest BCUT2D eigenvalue weighted by Crippen LogP contribution is 2.12. The Morgan fingerprint density at radius 3 is 2.31 bits per heavy atom. The molecule has 1 rings (SSSR count). The molecule has 0 spiro atoms. The molecule has 1 heterocycles. The second kappa shape index (κ2) is 3.97. The molecule has 5 N–H and O–H groups in total. The summed E-state index contributed by atoms with van der Waals surface area (Å²) in [5.41, 5.74) is 10.4. The molecule has 0 atom stereocenters. The first-order valence-corrected chi connectivity index (χ1v) is 4.16. The molecule has 0 bridgehead atoms. The van der Waals surface area contributed by atoms with Crippen LogP contribution in [0.4, 0.5) is 4.79 Å². The summed E-state index contributed by atoms with van der Waals surface area (Å²) in [5, 5.41) is 8.65. The minimum Gasteiger partial charge on any atom is -0.465 e. The zero-order valence-electron chi connectivity index (χ0n) is 7.31. The molecule has 1 amide bonds. The van der Waals surface area contributed by atoms with E-state index in [1.807, 2.05) is 0 Å². The topological polar surface area (TPSA) is 105 Å². The lowest BCUT2D eigenvalue weighted by Gasteiger charge is -2.27. The summed E-state index contributed by atoms with van der Waals surface area (Å²) in [6, 6.07) is 0.0839. The van der Waals surface area contributed by atoms with Gasteiger partial charge < -0.3 is 21.5 Å².